The van der Waals surface area contributed by atoms with Crippen LogP contribution in [0.2, 0.25) is 0 Å². The molecule has 128 valence electrons. The minimum Gasteiger partial charge on any atom is -0.388 e. The van der Waals surface area contributed by atoms with Crippen molar-refractivity contribution in [2.45, 2.75) is 31.8 Å². The second kappa shape index (κ2) is 8.67. The van der Waals surface area contributed by atoms with E-state index in [2.05, 4.69) is 5.32 Å². The number of aliphatic hydroxyl groups excluding tert-OH is 1. The van der Waals surface area contributed by atoms with Gasteiger partial charge < -0.3 is 15.3 Å². The minimum absolute atomic E-state index is 0. The average molecular weight is 339 g/mol. The van der Waals surface area contributed by atoms with Crippen LogP contribution in [0.15, 0.2) is 30.3 Å². The molecule has 0 radical (unpaired) electrons. The van der Waals surface area contributed by atoms with Crippen molar-refractivity contribution in [3.63, 3.8) is 0 Å². The van der Waals surface area contributed by atoms with E-state index in [-0.39, 0.29) is 24.2 Å². The van der Waals surface area contributed by atoms with Crippen LogP contribution < -0.4 is 5.32 Å². The Kier molecular flexibility index (Phi) is 6.88. The van der Waals surface area contributed by atoms with Crippen LogP contribution in [-0.2, 0) is 4.79 Å². The SMILES string of the molecule is Cl.O=C(C1CCNCC1)N1CCC(C(O)c2ccccc2)CC1. The highest BCUT2D eigenvalue weighted by molar-refractivity contribution is 5.85. The van der Waals surface area contributed by atoms with Crippen molar-refractivity contribution < 1.29 is 9.90 Å². The summed E-state index contributed by atoms with van der Waals surface area (Å²) in [6.45, 7) is 3.49. The Morgan fingerprint density at radius 2 is 1.70 bits per heavy atom. The lowest BCUT2D eigenvalue weighted by Crippen LogP contribution is -2.45. The normalized spacial score (nSPS) is 21.5. The number of benzene rings is 1. The van der Waals surface area contributed by atoms with E-state index in [0.717, 1.165) is 57.4 Å². The molecule has 0 saturated carbocycles. The highest BCUT2D eigenvalue weighted by Crippen LogP contribution is 2.31. The third kappa shape index (κ3) is 4.46. The number of likely N-dealkylation sites (tertiary alicyclic amines) is 1. The van der Waals surface area contributed by atoms with Gasteiger partial charge in [0.1, 0.15) is 0 Å². The Bertz CT molecular complexity index is 483. The van der Waals surface area contributed by atoms with Crippen molar-refractivity contribution in [3.8, 4) is 0 Å². The van der Waals surface area contributed by atoms with E-state index in [4.69, 9.17) is 0 Å². The number of rotatable bonds is 3. The number of nitrogens with one attached hydrogen (secondary N) is 1. The third-order valence-electron chi connectivity index (χ3n) is 5.13. The summed E-state index contributed by atoms with van der Waals surface area (Å²) in [6.07, 6.45) is 3.31. The topological polar surface area (TPSA) is 52.6 Å². The molecule has 2 fully saturated rings. The van der Waals surface area contributed by atoms with Crippen LogP contribution in [0.4, 0.5) is 0 Å². The zero-order valence-corrected chi connectivity index (χ0v) is 14.3. The fourth-order valence-corrected chi connectivity index (χ4v) is 3.69. The van der Waals surface area contributed by atoms with Gasteiger partial charge in [0.2, 0.25) is 5.91 Å². The number of piperidine rings is 2. The van der Waals surface area contributed by atoms with Crippen LogP contribution in [0, 0.1) is 11.8 Å². The van der Waals surface area contributed by atoms with Gasteiger partial charge in [0, 0.05) is 19.0 Å². The van der Waals surface area contributed by atoms with E-state index in [9.17, 15) is 9.90 Å². The molecule has 1 atom stereocenters. The number of halogens is 1. The quantitative estimate of drug-likeness (QED) is 0.889. The molecule has 23 heavy (non-hydrogen) atoms. The van der Waals surface area contributed by atoms with Crippen LogP contribution >= 0.6 is 12.4 Å². The maximum atomic E-state index is 12.5. The molecule has 0 aromatic heterocycles. The van der Waals surface area contributed by atoms with Crippen molar-refractivity contribution in [1.82, 2.24) is 10.2 Å². The molecular formula is C18H27ClN2O2. The number of carbonyl (C=O) groups is 1. The van der Waals surface area contributed by atoms with E-state index < -0.39 is 6.10 Å². The van der Waals surface area contributed by atoms with Crippen LogP contribution in [0.3, 0.4) is 0 Å². The Balaban J connectivity index is 0.00000192. The standard InChI is InChI=1S/C18H26N2O2.ClH/c21-17(14-4-2-1-3-5-14)15-8-12-20(13-9-15)18(22)16-6-10-19-11-7-16;/h1-5,15-17,19,21H,6-13H2;1H. The first kappa shape index (κ1) is 18.2. The van der Waals surface area contributed by atoms with Crippen molar-refractivity contribution in [3.05, 3.63) is 35.9 Å². The first-order valence-electron chi connectivity index (χ1n) is 8.48. The van der Waals surface area contributed by atoms with Gasteiger partial charge >= 0.3 is 0 Å². The molecule has 4 nitrogen and oxygen atoms in total. The number of aliphatic hydroxyl groups is 1. The molecule has 2 N–H and O–H groups in total. The number of hydrogen-bond donors (Lipinski definition) is 2. The fraction of sp³-hybridized carbons (Fsp3) is 0.611. The fourth-order valence-electron chi connectivity index (χ4n) is 3.69. The maximum absolute atomic E-state index is 12.5. The van der Waals surface area contributed by atoms with Crippen molar-refractivity contribution in [2.75, 3.05) is 26.2 Å². The highest BCUT2D eigenvalue weighted by atomic mass is 35.5. The largest absolute Gasteiger partial charge is 0.388 e. The van der Waals surface area contributed by atoms with Gasteiger partial charge in [-0.05, 0) is 50.3 Å². The Hall–Kier alpha value is -1.10. The molecule has 3 rings (SSSR count). The van der Waals surface area contributed by atoms with Gasteiger partial charge in [-0.25, -0.2) is 0 Å². The van der Waals surface area contributed by atoms with Gasteiger partial charge in [-0.15, -0.1) is 12.4 Å². The molecule has 2 heterocycles. The lowest BCUT2D eigenvalue weighted by atomic mass is 9.86. The van der Waals surface area contributed by atoms with Crippen molar-refractivity contribution >= 4 is 18.3 Å². The zero-order chi connectivity index (χ0) is 15.4. The number of carbonyl (C=O) groups excluding carboxylic acids is 1. The Morgan fingerprint density at radius 3 is 2.30 bits per heavy atom. The van der Waals surface area contributed by atoms with Gasteiger partial charge in [0.25, 0.3) is 0 Å². The summed E-state index contributed by atoms with van der Waals surface area (Å²) in [7, 11) is 0. The third-order valence-corrected chi connectivity index (χ3v) is 5.13. The molecule has 2 aliphatic heterocycles. The first-order chi connectivity index (χ1) is 10.8. The van der Waals surface area contributed by atoms with Crippen LogP contribution in [0.5, 0.6) is 0 Å². The number of amides is 1. The molecule has 2 aliphatic rings. The lowest BCUT2D eigenvalue weighted by molar-refractivity contribution is -0.138. The molecule has 1 unspecified atom stereocenters. The van der Waals surface area contributed by atoms with Crippen LogP contribution in [0.1, 0.15) is 37.4 Å². The molecule has 2 saturated heterocycles. The maximum Gasteiger partial charge on any atom is 0.225 e. The molecule has 1 amide bonds. The molecule has 1 aromatic rings. The summed E-state index contributed by atoms with van der Waals surface area (Å²) < 4.78 is 0. The second-order valence-corrected chi connectivity index (χ2v) is 6.54. The van der Waals surface area contributed by atoms with Crippen molar-refractivity contribution in [2.24, 2.45) is 11.8 Å². The number of hydrogen-bond acceptors (Lipinski definition) is 3. The molecule has 1 aromatic carbocycles. The van der Waals surface area contributed by atoms with E-state index in [1.54, 1.807) is 0 Å². The van der Waals surface area contributed by atoms with E-state index in [1.165, 1.54) is 0 Å². The molecule has 5 heteroatoms. The smallest absolute Gasteiger partial charge is 0.225 e. The molecule has 0 spiro atoms. The average Bonchev–Trinajstić information content (AvgIpc) is 2.62. The predicted octanol–water partition coefficient (Wildman–Crippen LogP) is 2.38. The van der Waals surface area contributed by atoms with Gasteiger partial charge in [-0.3, -0.25) is 4.79 Å². The summed E-state index contributed by atoms with van der Waals surface area (Å²) in [5.41, 5.74) is 0.991. The van der Waals surface area contributed by atoms with Gasteiger partial charge in [-0.2, -0.15) is 0 Å². The summed E-state index contributed by atoms with van der Waals surface area (Å²) in [5, 5.41) is 13.8. The predicted molar refractivity (Wildman–Crippen MR) is 93.5 cm³/mol. The highest BCUT2D eigenvalue weighted by Gasteiger charge is 2.31. The van der Waals surface area contributed by atoms with E-state index in [0.29, 0.717) is 5.91 Å². The molecule has 0 bridgehead atoms. The summed E-state index contributed by atoms with van der Waals surface area (Å²) >= 11 is 0. The Labute approximate surface area is 144 Å². The van der Waals surface area contributed by atoms with Gasteiger partial charge in [-0.1, -0.05) is 30.3 Å². The van der Waals surface area contributed by atoms with Crippen LogP contribution in [-0.4, -0.2) is 42.1 Å². The number of nitrogens with zero attached hydrogens (tertiary/aromatic N) is 1. The van der Waals surface area contributed by atoms with Crippen LogP contribution in [0.25, 0.3) is 0 Å². The summed E-state index contributed by atoms with van der Waals surface area (Å²) in [5.74, 6) is 0.797. The summed E-state index contributed by atoms with van der Waals surface area (Å²) in [6, 6.07) is 9.87. The molecular weight excluding hydrogens is 312 g/mol. The van der Waals surface area contributed by atoms with E-state index >= 15 is 0 Å². The second-order valence-electron chi connectivity index (χ2n) is 6.54. The molecule has 0 aliphatic carbocycles. The minimum atomic E-state index is -0.405. The summed E-state index contributed by atoms with van der Waals surface area (Å²) in [4.78, 5) is 14.6. The zero-order valence-electron chi connectivity index (χ0n) is 13.5. The van der Waals surface area contributed by atoms with Crippen molar-refractivity contribution in [1.29, 1.82) is 0 Å². The van der Waals surface area contributed by atoms with Gasteiger partial charge in [0.15, 0.2) is 0 Å². The Morgan fingerprint density at radius 1 is 1.09 bits per heavy atom. The van der Waals surface area contributed by atoms with E-state index in [1.807, 2.05) is 35.2 Å². The lowest BCUT2D eigenvalue weighted by Gasteiger charge is -2.37. The van der Waals surface area contributed by atoms with Gasteiger partial charge in [0.05, 0.1) is 6.10 Å². The monoisotopic (exact) mass is 338 g/mol. The first-order valence-corrected chi connectivity index (χ1v) is 8.48.